The van der Waals surface area contributed by atoms with Gasteiger partial charge in [0.1, 0.15) is 5.75 Å². The monoisotopic (exact) mass is 223 g/mol. The third-order valence-corrected chi connectivity index (χ3v) is 1.96. The van der Waals surface area contributed by atoms with Gasteiger partial charge in [0.15, 0.2) is 0 Å². The van der Waals surface area contributed by atoms with E-state index in [4.69, 9.17) is 9.84 Å². The van der Waals surface area contributed by atoms with Crippen LogP contribution in [-0.4, -0.2) is 23.7 Å². The number of aromatic carboxylic acids is 1. The minimum absolute atomic E-state index is 0.0992. The number of nitrogens with one attached hydrogen (secondary N) is 1. The van der Waals surface area contributed by atoms with Crippen molar-refractivity contribution in [3.8, 4) is 5.75 Å². The zero-order valence-corrected chi connectivity index (χ0v) is 10.00. The fraction of sp³-hybridized carbons (Fsp3) is 0.417. The van der Waals surface area contributed by atoms with Gasteiger partial charge < -0.3 is 15.2 Å². The molecule has 0 aliphatic heterocycles. The highest BCUT2D eigenvalue weighted by Gasteiger charge is 2.14. The van der Waals surface area contributed by atoms with E-state index in [0.717, 1.165) is 5.69 Å². The molecule has 88 valence electrons. The van der Waals surface area contributed by atoms with Crippen molar-refractivity contribution in [2.45, 2.75) is 26.3 Å². The van der Waals surface area contributed by atoms with Crippen molar-refractivity contribution in [1.82, 2.24) is 0 Å². The number of anilines is 1. The Kier molecular flexibility index (Phi) is 3.42. The van der Waals surface area contributed by atoms with Gasteiger partial charge in [0.2, 0.25) is 0 Å². The Balaban J connectivity index is 3.07. The third kappa shape index (κ3) is 3.15. The van der Waals surface area contributed by atoms with Gasteiger partial charge in [0.25, 0.3) is 0 Å². The molecule has 0 heterocycles. The number of carboxylic acid groups (broad SMARTS) is 1. The molecule has 0 radical (unpaired) electrons. The second-order valence-corrected chi connectivity index (χ2v) is 4.60. The van der Waals surface area contributed by atoms with Crippen molar-refractivity contribution in [3.63, 3.8) is 0 Å². The van der Waals surface area contributed by atoms with Crippen LogP contribution in [-0.2, 0) is 0 Å². The summed E-state index contributed by atoms with van der Waals surface area (Å²) in [6.07, 6.45) is 0. The summed E-state index contributed by atoms with van der Waals surface area (Å²) in [5.41, 5.74) is 0.911. The van der Waals surface area contributed by atoms with Crippen molar-refractivity contribution >= 4 is 11.7 Å². The average Bonchev–Trinajstić information content (AvgIpc) is 2.15. The molecule has 0 spiro atoms. The van der Waals surface area contributed by atoms with Crippen LogP contribution in [0.2, 0.25) is 0 Å². The Bertz CT molecular complexity index is 394. The molecule has 0 bridgehead atoms. The lowest BCUT2D eigenvalue weighted by Gasteiger charge is -2.23. The van der Waals surface area contributed by atoms with Gasteiger partial charge in [-0.1, -0.05) is 0 Å². The molecule has 0 saturated heterocycles. The second-order valence-electron chi connectivity index (χ2n) is 4.60. The van der Waals surface area contributed by atoms with E-state index in [2.05, 4.69) is 5.32 Å². The summed E-state index contributed by atoms with van der Waals surface area (Å²) in [6.45, 7) is 6.08. The van der Waals surface area contributed by atoms with Gasteiger partial charge in [0, 0.05) is 5.54 Å². The lowest BCUT2D eigenvalue weighted by molar-refractivity contribution is 0.0696. The number of benzene rings is 1. The molecule has 4 heteroatoms. The topological polar surface area (TPSA) is 58.6 Å². The van der Waals surface area contributed by atoms with E-state index in [0.29, 0.717) is 5.75 Å². The number of hydrogen-bond acceptors (Lipinski definition) is 3. The van der Waals surface area contributed by atoms with Crippen molar-refractivity contribution < 1.29 is 14.6 Å². The zero-order valence-electron chi connectivity index (χ0n) is 10.00. The lowest BCUT2D eigenvalue weighted by Crippen LogP contribution is -2.26. The Morgan fingerprint density at radius 1 is 1.38 bits per heavy atom. The lowest BCUT2D eigenvalue weighted by atomic mass is 10.1. The predicted octanol–water partition coefficient (Wildman–Crippen LogP) is 2.60. The van der Waals surface area contributed by atoms with Gasteiger partial charge in [-0.2, -0.15) is 0 Å². The van der Waals surface area contributed by atoms with E-state index in [1.54, 1.807) is 12.1 Å². The molecule has 1 aromatic carbocycles. The molecular formula is C12H17NO3. The predicted molar refractivity (Wildman–Crippen MR) is 63.3 cm³/mol. The van der Waals surface area contributed by atoms with Gasteiger partial charge in [0.05, 0.1) is 18.4 Å². The highest BCUT2D eigenvalue weighted by atomic mass is 16.5. The summed E-state index contributed by atoms with van der Waals surface area (Å²) in [4.78, 5) is 10.8. The maximum absolute atomic E-state index is 10.8. The van der Waals surface area contributed by atoms with E-state index in [1.165, 1.54) is 13.2 Å². The molecule has 0 aliphatic rings. The maximum Gasteiger partial charge on any atom is 0.335 e. The first-order chi connectivity index (χ1) is 7.33. The molecule has 4 nitrogen and oxygen atoms in total. The van der Waals surface area contributed by atoms with Crippen LogP contribution in [0.3, 0.4) is 0 Å². The summed E-state index contributed by atoms with van der Waals surface area (Å²) in [7, 11) is 1.52. The standard InChI is InChI=1S/C12H17NO3/c1-12(2,3)13-9-6-5-8(11(14)15)7-10(9)16-4/h5-7,13H,1-4H3,(H,14,15). The van der Waals surface area contributed by atoms with Crippen LogP contribution in [0.5, 0.6) is 5.75 Å². The molecular weight excluding hydrogens is 206 g/mol. The van der Waals surface area contributed by atoms with Crippen LogP contribution in [0.25, 0.3) is 0 Å². The van der Waals surface area contributed by atoms with E-state index in [1.807, 2.05) is 20.8 Å². The van der Waals surface area contributed by atoms with Gasteiger partial charge in [-0.25, -0.2) is 4.79 Å². The summed E-state index contributed by atoms with van der Waals surface area (Å²) in [6, 6.07) is 4.78. The third-order valence-electron chi connectivity index (χ3n) is 1.96. The minimum atomic E-state index is -0.958. The number of methoxy groups -OCH3 is 1. The smallest absolute Gasteiger partial charge is 0.335 e. The van der Waals surface area contributed by atoms with Crippen LogP contribution in [0.1, 0.15) is 31.1 Å². The van der Waals surface area contributed by atoms with Gasteiger partial charge >= 0.3 is 5.97 Å². The number of carboxylic acids is 1. The Labute approximate surface area is 95.2 Å². The number of carbonyl (C=O) groups is 1. The summed E-state index contributed by atoms with van der Waals surface area (Å²) in [5, 5.41) is 12.1. The van der Waals surface area contributed by atoms with Gasteiger partial charge in [-0.3, -0.25) is 0 Å². The second kappa shape index (κ2) is 4.43. The van der Waals surface area contributed by atoms with Crippen LogP contribution in [0.4, 0.5) is 5.69 Å². The van der Waals surface area contributed by atoms with Gasteiger partial charge in [-0.05, 0) is 39.0 Å². The first-order valence-corrected chi connectivity index (χ1v) is 5.03. The van der Waals surface area contributed by atoms with E-state index >= 15 is 0 Å². The van der Waals surface area contributed by atoms with Crippen LogP contribution in [0.15, 0.2) is 18.2 Å². The van der Waals surface area contributed by atoms with Gasteiger partial charge in [-0.15, -0.1) is 0 Å². The maximum atomic E-state index is 10.8. The molecule has 0 aliphatic carbocycles. The normalized spacial score (nSPS) is 11.0. The van der Waals surface area contributed by atoms with E-state index in [9.17, 15) is 4.79 Å². The zero-order chi connectivity index (χ0) is 12.3. The average molecular weight is 223 g/mol. The molecule has 0 atom stereocenters. The fourth-order valence-corrected chi connectivity index (χ4v) is 1.33. The molecule has 0 unspecified atom stereocenters. The van der Waals surface area contributed by atoms with E-state index < -0.39 is 5.97 Å². The van der Waals surface area contributed by atoms with Crippen molar-refractivity contribution in [2.24, 2.45) is 0 Å². The quantitative estimate of drug-likeness (QED) is 0.827. The Morgan fingerprint density at radius 3 is 2.44 bits per heavy atom. The van der Waals surface area contributed by atoms with Crippen LogP contribution >= 0.6 is 0 Å². The number of rotatable bonds is 3. The fourth-order valence-electron chi connectivity index (χ4n) is 1.33. The first kappa shape index (κ1) is 12.4. The van der Waals surface area contributed by atoms with E-state index in [-0.39, 0.29) is 11.1 Å². The summed E-state index contributed by atoms with van der Waals surface area (Å²) in [5.74, 6) is -0.421. The molecule has 16 heavy (non-hydrogen) atoms. The van der Waals surface area contributed by atoms with Crippen molar-refractivity contribution in [3.05, 3.63) is 23.8 Å². The van der Waals surface area contributed by atoms with Crippen molar-refractivity contribution in [2.75, 3.05) is 12.4 Å². The SMILES string of the molecule is COc1cc(C(=O)O)ccc1NC(C)(C)C. The largest absolute Gasteiger partial charge is 0.495 e. The summed E-state index contributed by atoms with van der Waals surface area (Å²) < 4.78 is 5.16. The molecule has 1 aromatic rings. The Hall–Kier alpha value is -1.71. The van der Waals surface area contributed by atoms with Crippen LogP contribution < -0.4 is 10.1 Å². The molecule has 0 saturated carbocycles. The molecule has 2 N–H and O–H groups in total. The van der Waals surface area contributed by atoms with Crippen LogP contribution in [0, 0.1) is 0 Å². The van der Waals surface area contributed by atoms with Crippen molar-refractivity contribution in [1.29, 1.82) is 0 Å². The first-order valence-electron chi connectivity index (χ1n) is 5.03. The number of hydrogen-bond donors (Lipinski definition) is 2. The molecule has 1 rings (SSSR count). The molecule has 0 amide bonds. The number of ether oxygens (including phenoxy) is 1. The highest BCUT2D eigenvalue weighted by Crippen LogP contribution is 2.28. The minimum Gasteiger partial charge on any atom is -0.495 e. The molecule has 0 fully saturated rings. The highest BCUT2D eigenvalue weighted by molar-refractivity contribution is 5.89. The molecule has 0 aromatic heterocycles. The Morgan fingerprint density at radius 2 is 2.00 bits per heavy atom. The summed E-state index contributed by atoms with van der Waals surface area (Å²) >= 11 is 0.